The second kappa shape index (κ2) is 9.05. The van der Waals surface area contributed by atoms with Crippen LogP contribution >= 0.6 is 0 Å². The number of nitrogen functional groups attached to an aromatic ring is 1. The quantitative estimate of drug-likeness (QED) is 0.513. The van der Waals surface area contributed by atoms with Crippen LogP contribution in [0.25, 0.3) is 0 Å². The SMILES string of the molecule is CCCCCCCCNS(=O)(=O)c1ccc(CC)c(N)c1. The zero-order valence-electron chi connectivity index (χ0n) is 13.2. The molecule has 0 aliphatic heterocycles. The average Bonchev–Trinajstić information content (AvgIpc) is 2.46. The van der Waals surface area contributed by atoms with Gasteiger partial charge in [0.15, 0.2) is 0 Å². The van der Waals surface area contributed by atoms with Crippen LogP contribution in [0.4, 0.5) is 5.69 Å². The number of aryl methyl sites for hydroxylation is 1. The molecule has 0 bridgehead atoms. The van der Waals surface area contributed by atoms with Crippen molar-refractivity contribution >= 4 is 15.7 Å². The minimum absolute atomic E-state index is 0.253. The number of nitrogens with two attached hydrogens (primary N) is 1. The molecule has 0 aliphatic carbocycles. The van der Waals surface area contributed by atoms with Gasteiger partial charge in [0.1, 0.15) is 0 Å². The lowest BCUT2D eigenvalue weighted by Gasteiger charge is -2.09. The van der Waals surface area contributed by atoms with E-state index in [9.17, 15) is 8.42 Å². The smallest absolute Gasteiger partial charge is 0.240 e. The zero-order valence-corrected chi connectivity index (χ0v) is 14.0. The molecule has 120 valence electrons. The van der Waals surface area contributed by atoms with E-state index in [-0.39, 0.29) is 4.90 Å². The van der Waals surface area contributed by atoms with Crippen LogP contribution < -0.4 is 10.5 Å². The Morgan fingerprint density at radius 2 is 1.71 bits per heavy atom. The Bertz CT molecular complexity index is 527. The first kappa shape index (κ1) is 18.0. The number of unbranched alkanes of at least 4 members (excludes halogenated alkanes) is 5. The molecule has 0 saturated carbocycles. The third-order valence-electron chi connectivity index (χ3n) is 3.63. The maximum Gasteiger partial charge on any atom is 0.240 e. The summed E-state index contributed by atoms with van der Waals surface area (Å²) >= 11 is 0. The molecule has 21 heavy (non-hydrogen) atoms. The van der Waals surface area contributed by atoms with Gasteiger partial charge < -0.3 is 5.73 Å². The number of hydrogen-bond donors (Lipinski definition) is 2. The van der Waals surface area contributed by atoms with Gasteiger partial charge >= 0.3 is 0 Å². The Morgan fingerprint density at radius 3 is 2.33 bits per heavy atom. The number of benzene rings is 1. The monoisotopic (exact) mass is 312 g/mol. The van der Waals surface area contributed by atoms with Crippen LogP contribution in [0.15, 0.2) is 23.1 Å². The van der Waals surface area contributed by atoms with Crippen molar-refractivity contribution in [2.45, 2.75) is 63.7 Å². The predicted octanol–water partition coefficient (Wildman–Crippen LogP) is 3.47. The van der Waals surface area contributed by atoms with Crippen LogP contribution in [-0.2, 0) is 16.4 Å². The molecule has 0 heterocycles. The standard InChI is InChI=1S/C16H28N2O2S/c1-3-5-6-7-8-9-12-18-21(19,20)15-11-10-14(4-2)16(17)13-15/h10-11,13,18H,3-9,12,17H2,1-2H3. The predicted molar refractivity (Wildman–Crippen MR) is 88.8 cm³/mol. The summed E-state index contributed by atoms with van der Waals surface area (Å²) in [6.07, 6.45) is 7.64. The molecule has 0 atom stereocenters. The third kappa shape index (κ3) is 6.06. The van der Waals surface area contributed by atoms with E-state index in [0.717, 1.165) is 24.8 Å². The van der Waals surface area contributed by atoms with Crippen LogP contribution in [0.3, 0.4) is 0 Å². The summed E-state index contributed by atoms with van der Waals surface area (Å²) in [5, 5.41) is 0. The molecule has 0 aromatic heterocycles. The number of sulfonamides is 1. The molecular formula is C16H28N2O2S. The van der Waals surface area contributed by atoms with E-state index in [0.29, 0.717) is 12.2 Å². The van der Waals surface area contributed by atoms with E-state index >= 15 is 0 Å². The van der Waals surface area contributed by atoms with E-state index in [1.165, 1.54) is 25.7 Å². The molecule has 0 fully saturated rings. The van der Waals surface area contributed by atoms with Crippen molar-refractivity contribution in [1.29, 1.82) is 0 Å². The molecule has 1 rings (SSSR count). The van der Waals surface area contributed by atoms with E-state index in [1.807, 2.05) is 6.92 Å². The van der Waals surface area contributed by atoms with E-state index < -0.39 is 10.0 Å². The molecule has 1 aromatic carbocycles. The lowest BCUT2D eigenvalue weighted by Crippen LogP contribution is -2.25. The zero-order chi connectivity index (χ0) is 15.7. The summed E-state index contributed by atoms with van der Waals surface area (Å²) in [4.78, 5) is 0.253. The molecular weight excluding hydrogens is 284 g/mol. The fourth-order valence-electron chi connectivity index (χ4n) is 2.26. The molecule has 0 saturated heterocycles. The summed E-state index contributed by atoms with van der Waals surface area (Å²) < 4.78 is 27.0. The van der Waals surface area contributed by atoms with Gasteiger partial charge in [0.25, 0.3) is 0 Å². The van der Waals surface area contributed by atoms with Crippen LogP contribution in [-0.4, -0.2) is 15.0 Å². The number of nitrogens with one attached hydrogen (secondary N) is 1. The topological polar surface area (TPSA) is 72.2 Å². The van der Waals surface area contributed by atoms with Crippen LogP contribution in [0.5, 0.6) is 0 Å². The average molecular weight is 312 g/mol. The molecule has 3 N–H and O–H groups in total. The minimum Gasteiger partial charge on any atom is -0.398 e. The number of hydrogen-bond acceptors (Lipinski definition) is 3. The van der Waals surface area contributed by atoms with Crippen LogP contribution in [0, 0.1) is 0 Å². The van der Waals surface area contributed by atoms with Crippen molar-refractivity contribution in [1.82, 2.24) is 4.72 Å². The molecule has 5 heteroatoms. The van der Waals surface area contributed by atoms with Gasteiger partial charge in [0.2, 0.25) is 10.0 Å². The lowest BCUT2D eigenvalue weighted by atomic mass is 10.1. The van der Waals surface area contributed by atoms with E-state index in [4.69, 9.17) is 5.73 Å². The summed E-state index contributed by atoms with van der Waals surface area (Å²) in [7, 11) is -3.44. The van der Waals surface area contributed by atoms with Gasteiger partial charge in [-0.3, -0.25) is 0 Å². The molecule has 0 aliphatic rings. The maximum absolute atomic E-state index is 12.2. The summed E-state index contributed by atoms with van der Waals surface area (Å²) in [5.74, 6) is 0. The Labute approximate surface area is 129 Å². The Kier molecular flexibility index (Phi) is 7.75. The maximum atomic E-state index is 12.2. The first-order valence-electron chi connectivity index (χ1n) is 7.89. The summed E-state index contributed by atoms with van der Waals surface area (Å²) in [5.41, 5.74) is 7.38. The van der Waals surface area contributed by atoms with Gasteiger partial charge in [0, 0.05) is 12.2 Å². The van der Waals surface area contributed by atoms with Gasteiger partial charge in [-0.2, -0.15) is 0 Å². The van der Waals surface area contributed by atoms with E-state index in [1.54, 1.807) is 18.2 Å². The molecule has 4 nitrogen and oxygen atoms in total. The van der Waals surface area contributed by atoms with Crippen molar-refractivity contribution in [3.8, 4) is 0 Å². The van der Waals surface area contributed by atoms with Crippen molar-refractivity contribution in [2.24, 2.45) is 0 Å². The van der Waals surface area contributed by atoms with Gasteiger partial charge in [0.05, 0.1) is 4.90 Å². The van der Waals surface area contributed by atoms with Crippen molar-refractivity contribution < 1.29 is 8.42 Å². The lowest BCUT2D eigenvalue weighted by molar-refractivity contribution is 0.567. The second-order valence-electron chi connectivity index (χ2n) is 5.38. The molecule has 1 aromatic rings. The summed E-state index contributed by atoms with van der Waals surface area (Å²) in [6, 6.07) is 4.95. The Morgan fingerprint density at radius 1 is 1.05 bits per heavy atom. The van der Waals surface area contributed by atoms with E-state index in [2.05, 4.69) is 11.6 Å². The molecule has 0 unspecified atom stereocenters. The first-order chi connectivity index (χ1) is 10.0. The fraction of sp³-hybridized carbons (Fsp3) is 0.625. The van der Waals surface area contributed by atoms with Crippen molar-refractivity contribution in [2.75, 3.05) is 12.3 Å². The van der Waals surface area contributed by atoms with Gasteiger partial charge in [-0.15, -0.1) is 0 Å². The normalized spacial score (nSPS) is 11.7. The molecule has 0 spiro atoms. The number of anilines is 1. The van der Waals surface area contributed by atoms with Crippen LogP contribution in [0.1, 0.15) is 57.9 Å². The highest BCUT2D eigenvalue weighted by Crippen LogP contribution is 2.18. The van der Waals surface area contributed by atoms with Gasteiger partial charge in [-0.05, 0) is 30.5 Å². The fourth-order valence-corrected chi connectivity index (χ4v) is 3.37. The van der Waals surface area contributed by atoms with Crippen molar-refractivity contribution in [3.63, 3.8) is 0 Å². The second-order valence-corrected chi connectivity index (χ2v) is 7.15. The Balaban J connectivity index is 2.45. The van der Waals surface area contributed by atoms with Crippen LogP contribution in [0.2, 0.25) is 0 Å². The Hall–Kier alpha value is -1.07. The third-order valence-corrected chi connectivity index (χ3v) is 5.09. The number of rotatable bonds is 10. The largest absolute Gasteiger partial charge is 0.398 e. The highest BCUT2D eigenvalue weighted by molar-refractivity contribution is 7.89. The van der Waals surface area contributed by atoms with Gasteiger partial charge in [-0.25, -0.2) is 13.1 Å². The minimum atomic E-state index is -3.44. The van der Waals surface area contributed by atoms with Gasteiger partial charge in [-0.1, -0.05) is 52.0 Å². The first-order valence-corrected chi connectivity index (χ1v) is 9.37. The molecule has 0 radical (unpaired) electrons. The van der Waals surface area contributed by atoms with Crippen molar-refractivity contribution in [3.05, 3.63) is 23.8 Å². The highest BCUT2D eigenvalue weighted by Gasteiger charge is 2.14. The highest BCUT2D eigenvalue weighted by atomic mass is 32.2. The molecule has 0 amide bonds. The summed E-state index contributed by atoms with van der Waals surface area (Å²) in [6.45, 7) is 4.67.